The Morgan fingerprint density at radius 1 is 1.53 bits per heavy atom. The lowest BCUT2D eigenvalue weighted by molar-refractivity contribution is -0.122. The van der Waals surface area contributed by atoms with Crippen molar-refractivity contribution in [2.24, 2.45) is 5.92 Å². The average molecular weight is 237 g/mol. The fraction of sp³-hybridized carbons (Fsp3) is 0.769. The Kier molecular flexibility index (Phi) is 6.68. The van der Waals surface area contributed by atoms with Gasteiger partial charge >= 0.3 is 0 Å². The van der Waals surface area contributed by atoms with Crippen LogP contribution in [0, 0.1) is 18.3 Å². The lowest BCUT2D eigenvalue weighted by Gasteiger charge is -2.28. The zero-order valence-corrected chi connectivity index (χ0v) is 10.7. The summed E-state index contributed by atoms with van der Waals surface area (Å²) in [4.78, 5) is 13.7. The second-order valence-corrected chi connectivity index (χ2v) is 4.50. The van der Waals surface area contributed by atoms with Gasteiger partial charge in [0, 0.05) is 6.54 Å². The lowest BCUT2D eigenvalue weighted by Crippen LogP contribution is -2.41. The fourth-order valence-electron chi connectivity index (χ4n) is 2.14. The van der Waals surface area contributed by atoms with Crippen LogP contribution in [0.15, 0.2) is 0 Å². The van der Waals surface area contributed by atoms with E-state index in [0.717, 1.165) is 32.1 Å². The third kappa shape index (κ3) is 5.71. The standard InChI is InChI=1S/C13H23N3O/c1-3-7-15-13(17)11-16(4-2)10-12-5-8-14-9-6-12/h1,12,14H,4-11H2,2H3,(H,15,17). The van der Waals surface area contributed by atoms with Gasteiger partial charge in [0.1, 0.15) is 0 Å². The zero-order chi connectivity index (χ0) is 12.5. The van der Waals surface area contributed by atoms with Crippen molar-refractivity contribution in [1.29, 1.82) is 0 Å². The summed E-state index contributed by atoms with van der Waals surface area (Å²) in [7, 11) is 0. The van der Waals surface area contributed by atoms with Gasteiger partial charge in [-0.3, -0.25) is 9.69 Å². The van der Waals surface area contributed by atoms with E-state index in [9.17, 15) is 4.79 Å². The topological polar surface area (TPSA) is 44.4 Å². The molecular formula is C13H23N3O. The first-order valence-electron chi connectivity index (χ1n) is 6.39. The summed E-state index contributed by atoms with van der Waals surface area (Å²) >= 11 is 0. The van der Waals surface area contributed by atoms with Crippen molar-refractivity contribution >= 4 is 5.91 Å². The van der Waals surface area contributed by atoms with Crippen LogP contribution in [0.4, 0.5) is 0 Å². The van der Waals surface area contributed by atoms with Crippen LogP contribution in [0.5, 0.6) is 0 Å². The number of carbonyl (C=O) groups excluding carboxylic acids is 1. The minimum absolute atomic E-state index is 0.0266. The molecule has 0 aromatic carbocycles. The van der Waals surface area contributed by atoms with Gasteiger partial charge in [-0.25, -0.2) is 0 Å². The zero-order valence-electron chi connectivity index (χ0n) is 10.7. The molecule has 1 saturated heterocycles. The number of likely N-dealkylation sites (N-methyl/N-ethyl adjacent to an activating group) is 1. The average Bonchev–Trinajstić information content (AvgIpc) is 2.36. The first kappa shape index (κ1) is 14.0. The molecule has 4 nitrogen and oxygen atoms in total. The molecule has 0 radical (unpaired) electrons. The molecular weight excluding hydrogens is 214 g/mol. The highest BCUT2D eigenvalue weighted by Gasteiger charge is 2.17. The molecule has 17 heavy (non-hydrogen) atoms. The molecule has 1 rings (SSSR count). The van der Waals surface area contributed by atoms with Crippen LogP contribution in [0.25, 0.3) is 0 Å². The highest BCUT2D eigenvalue weighted by Crippen LogP contribution is 2.12. The number of rotatable bonds is 6. The van der Waals surface area contributed by atoms with E-state index in [-0.39, 0.29) is 5.91 Å². The summed E-state index contributed by atoms with van der Waals surface area (Å²) in [6.07, 6.45) is 7.53. The summed E-state index contributed by atoms with van der Waals surface area (Å²) in [5, 5.41) is 6.06. The Balaban J connectivity index is 2.27. The molecule has 1 aliphatic heterocycles. The second-order valence-electron chi connectivity index (χ2n) is 4.50. The van der Waals surface area contributed by atoms with Crippen LogP contribution < -0.4 is 10.6 Å². The number of hydrogen-bond acceptors (Lipinski definition) is 3. The number of piperidine rings is 1. The first-order chi connectivity index (χ1) is 8.26. The predicted molar refractivity (Wildman–Crippen MR) is 69.6 cm³/mol. The number of amides is 1. The van der Waals surface area contributed by atoms with Crippen LogP contribution in [-0.2, 0) is 4.79 Å². The van der Waals surface area contributed by atoms with Crippen LogP contribution in [0.1, 0.15) is 19.8 Å². The first-order valence-corrected chi connectivity index (χ1v) is 6.39. The Morgan fingerprint density at radius 3 is 2.82 bits per heavy atom. The number of carbonyl (C=O) groups is 1. The van der Waals surface area contributed by atoms with Crippen LogP contribution >= 0.6 is 0 Å². The molecule has 0 aromatic rings. The highest BCUT2D eigenvalue weighted by molar-refractivity contribution is 5.78. The lowest BCUT2D eigenvalue weighted by atomic mass is 9.97. The van der Waals surface area contributed by atoms with Crippen molar-refractivity contribution < 1.29 is 4.79 Å². The van der Waals surface area contributed by atoms with Crippen molar-refractivity contribution in [3.63, 3.8) is 0 Å². The van der Waals surface area contributed by atoms with E-state index >= 15 is 0 Å². The SMILES string of the molecule is C#CCNC(=O)CN(CC)CC1CCNCC1. The van der Waals surface area contributed by atoms with Crippen molar-refractivity contribution in [2.45, 2.75) is 19.8 Å². The quantitative estimate of drug-likeness (QED) is 0.642. The van der Waals surface area contributed by atoms with Gasteiger partial charge < -0.3 is 10.6 Å². The number of nitrogens with zero attached hydrogens (tertiary/aromatic N) is 1. The third-order valence-corrected chi connectivity index (χ3v) is 3.18. The molecule has 4 heteroatoms. The molecule has 0 spiro atoms. The monoisotopic (exact) mass is 237 g/mol. The summed E-state index contributed by atoms with van der Waals surface area (Å²) in [6.45, 7) is 7.01. The molecule has 0 unspecified atom stereocenters. The molecule has 0 aromatic heterocycles. The van der Waals surface area contributed by atoms with Crippen LogP contribution in [0.2, 0.25) is 0 Å². The van der Waals surface area contributed by atoms with E-state index < -0.39 is 0 Å². The Labute approximate surface area is 104 Å². The van der Waals surface area contributed by atoms with Gasteiger partial charge in [0.2, 0.25) is 5.91 Å². The van der Waals surface area contributed by atoms with Gasteiger partial charge in [-0.2, -0.15) is 0 Å². The van der Waals surface area contributed by atoms with Crippen LogP contribution in [0.3, 0.4) is 0 Å². The second kappa shape index (κ2) is 8.10. The van der Waals surface area contributed by atoms with Crippen molar-refractivity contribution in [3.8, 4) is 12.3 Å². The summed E-state index contributed by atoms with van der Waals surface area (Å²) < 4.78 is 0. The molecule has 96 valence electrons. The minimum atomic E-state index is 0.0266. The van der Waals surface area contributed by atoms with E-state index in [2.05, 4.69) is 28.4 Å². The Morgan fingerprint density at radius 2 is 2.24 bits per heavy atom. The smallest absolute Gasteiger partial charge is 0.234 e. The van der Waals surface area contributed by atoms with Gasteiger partial charge in [0.05, 0.1) is 13.1 Å². The van der Waals surface area contributed by atoms with Crippen molar-refractivity contribution in [3.05, 3.63) is 0 Å². The molecule has 0 atom stereocenters. The molecule has 1 heterocycles. The predicted octanol–water partition coefficient (Wildman–Crippen LogP) is 0.0573. The van der Waals surface area contributed by atoms with Crippen molar-refractivity contribution in [1.82, 2.24) is 15.5 Å². The maximum atomic E-state index is 11.6. The molecule has 1 amide bonds. The van der Waals surface area contributed by atoms with Gasteiger partial charge in [0.15, 0.2) is 0 Å². The molecule has 2 N–H and O–H groups in total. The Hall–Kier alpha value is -1.05. The van der Waals surface area contributed by atoms with E-state index in [0.29, 0.717) is 13.1 Å². The maximum Gasteiger partial charge on any atom is 0.234 e. The van der Waals surface area contributed by atoms with E-state index in [1.54, 1.807) is 0 Å². The maximum absolute atomic E-state index is 11.6. The van der Waals surface area contributed by atoms with Crippen molar-refractivity contribution in [2.75, 3.05) is 39.3 Å². The summed E-state index contributed by atoms with van der Waals surface area (Å²) in [6, 6.07) is 0. The molecule has 0 aliphatic carbocycles. The number of nitrogens with one attached hydrogen (secondary N) is 2. The highest BCUT2D eigenvalue weighted by atomic mass is 16.2. The molecule has 0 bridgehead atoms. The van der Waals surface area contributed by atoms with Crippen LogP contribution in [-0.4, -0.2) is 50.1 Å². The van der Waals surface area contributed by atoms with Gasteiger partial charge in [-0.05, 0) is 38.4 Å². The van der Waals surface area contributed by atoms with Gasteiger partial charge in [-0.1, -0.05) is 12.8 Å². The molecule has 1 fully saturated rings. The summed E-state index contributed by atoms with van der Waals surface area (Å²) in [5.74, 6) is 3.16. The molecule has 0 saturated carbocycles. The van der Waals surface area contributed by atoms with E-state index in [1.807, 2.05) is 0 Å². The van der Waals surface area contributed by atoms with E-state index in [1.165, 1.54) is 12.8 Å². The minimum Gasteiger partial charge on any atom is -0.344 e. The largest absolute Gasteiger partial charge is 0.344 e. The number of hydrogen-bond donors (Lipinski definition) is 2. The summed E-state index contributed by atoms with van der Waals surface area (Å²) in [5.41, 5.74) is 0. The van der Waals surface area contributed by atoms with Gasteiger partial charge in [-0.15, -0.1) is 6.42 Å². The third-order valence-electron chi connectivity index (χ3n) is 3.18. The Bertz CT molecular complexity index is 266. The number of terminal acetylenes is 1. The fourth-order valence-corrected chi connectivity index (χ4v) is 2.14. The van der Waals surface area contributed by atoms with E-state index in [4.69, 9.17) is 6.42 Å². The normalized spacial score (nSPS) is 16.8. The molecule has 1 aliphatic rings. The van der Waals surface area contributed by atoms with Gasteiger partial charge in [0.25, 0.3) is 0 Å².